The highest BCUT2D eigenvalue weighted by Crippen LogP contribution is 2.45. The van der Waals surface area contributed by atoms with Gasteiger partial charge in [-0.1, -0.05) is 325 Å². The van der Waals surface area contributed by atoms with Crippen molar-refractivity contribution in [3.05, 3.63) is 0 Å². The molecule has 0 amide bonds. The minimum atomic E-state index is -4.96. The summed E-state index contributed by atoms with van der Waals surface area (Å²) in [6, 6.07) is 0. The Balaban J connectivity index is 5.25. The maximum absolute atomic E-state index is 13.1. The van der Waals surface area contributed by atoms with Gasteiger partial charge >= 0.3 is 39.5 Å². The zero-order valence-electron chi connectivity index (χ0n) is 61.6. The largest absolute Gasteiger partial charge is 0.472 e. The predicted octanol–water partition coefficient (Wildman–Crippen LogP) is 21.7. The van der Waals surface area contributed by atoms with E-state index >= 15 is 0 Å². The molecule has 0 saturated carbocycles. The van der Waals surface area contributed by atoms with Gasteiger partial charge in [0.15, 0.2) is 12.2 Å². The summed E-state index contributed by atoms with van der Waals surface area (Å²) < 4.78 is 68.5. The number of carbonyl (C=O) groups excluding carboxylic acids is 4. The van der Waals surface area contributed by atoms with E-state index in [9.17, 15) is 43.2 Å². The molecule has 0 aliphatic rings. The first-order chi connectivity index (χ1) is 45.2. The number of ether oxygens (including phenoxy) is 4. The van der Waals surface area contributed by atoms with Gasteiger partial charge in [0.25, 0.3) is 0 Å². The quantitative estimate of drug-likeness (QED) is 0.0222. The van der Waals surface area contributed by atoms with Gasteiger partial charge in [0.1, 0.15) is 19.3 Å². The highest BCUT2D eigenvalue weighted by molar-refractivity contribution is 7.47. The summed E-state index contributed by atoms with van der Waals surface area (Å²) in [6.07, 6.45) is 48.5. The standard InChI is InChI=1S/C75H146O17P2/c1-9-67(7)53-45-37-29-21-18-19-22-31-39-47-55-72(77)85-61-70(91-74(79)57-49-41-32-23-17-15-13-11-12-14-16-20-27-35-43-51-65(3)4)63-89-93(81,82)87-59-69(76)60-88-94(83,84)90-64-71(62-86-73(78)56-48-40-34-26-28-36-44-52-66(5)6)92-75(80)58-50-42-33-25-24-30-38-46-54-68(8)10-2/h65-71,76H,9-64H2,1-8H3,(H,81,82)(H,83,84)/t67?,68?,69?,70-,71-/m1/s1. The maximum Gasteiger partial charge on any atom is 0.472 e. The van der Waals surface area contributed by atoms with Gasteiger partial charge in [-0.2, -0.15) is 0 Å². The van der Waals surface area contributed by atoms with Crippen LogP contribution in [-0.2, 0) is 65.4 Å². The molecule has 558 valence electrons. The molecular weight excluding hydrogens is 1230 g/mol. The van der Waals surface area contributed by atoms with Crippen LogP contribution in [0.1, 0.15) is 376 Å². The summed E-state index contributed by atoms with van der Waals surface area (Å²) in [4.78, 5) is 72.8. The van der Waals surface area contributed by atoms with Crippen LogP contribution in [-0.4, -0.2) is 96.7 Å². The zero-order chi connectivity index (χ0) is 69.6. The van der Waals surface area contributed by atoms with Crippen molar-refractivity contribution in [1.82, 2.24) is 0 Å². The Labute approximate surface area is 575 Å². The third-order valence-corrected chi connectivity index (χ3v) is 19.9. The summed E-state index contributed by atoms with van der Waals surface area (Å²) in [6.45, 7) is 14.2. The Kier molecular flexibility index (Phi) is 63.1. The van der Waals surface area contributed by atoms with Crippen molar-refractivity contribution < 1.29 is 80.2 Å². The molecule has 5 unspecified atom stereocenters. The average Bonchev–Trinajstić information content (AvgIpc) is 1.13. The molecule has 0 bridgehead atoms. The summed E-state index contributed by atoms with van der Waals surface area (Å²) >= 11 is 0. The normalized spacial score (nSPS) is 14.7. The molecule has 19 heteroatoms. The van der Waals surface area contributed by atoms with Crippen LogP contribution in [0.2, 0.25) is 0 Å². The number of aliphatic hydroxyl groups is 1. The van der Waals surface area contributed by atoms with Gasteiger partial charge in [-0.3, -0.25) is 37.3 Å². The lowest BCUT2D eigenvalue weighted by atomic mass is 9.99. The second-order valence-electron chi connectivity index (χ2n) is 28.5. The molecule has 17 nitrogen and oxygen atoms in total. The van der Waals surface area contributed by atoms with Crippen molar-refractivity contribution in [2.45, 2.75) is 395 Å². The molecule has 94 heavy (non-hydrogen) atoms. The van der Waals surface area contributed by atoms with E-state index in [1.807, 2.05) is 0 Å². The monoisotopic (exact) mass is 1380 g/mol. The Morgan fingerprint density at radius 3 is 0.755 bits per heavy atom. The molecule has 7 atom stereocenters. The van der Waals surface area contributed by atoms with E-state index in [4.69, 9.17) is 37.0 Å². The maximum atomic E-state index is 13.1. The molecule has 0 aromatic heterocycles. The first kappa shape index (κ1) is 92.1. The fourth-order valence-corrected chi connectivity index (χ4v) is 12.9. The van der Waals surface area contributed by atoms with Crippen LogP contribution in [0.5, 0.6) is 0 Å². The summed E-state index contributed by atoms with van der Waals surface area (Å²) in [5.41, 5.74) is 0. The Bertz CT molecular complexity index is 1850. The van der Waals surface area contributed by atoms with Crippen molar-refractivity contribution in [3.8, 4) is 0 Å². The predicted molar refractivity (Wildman–Crippen MR) is 381 cm³/mol. The zero-order valence-corrected chi connectivity index (χ0v) is 63.4. The minimum absolute atomic E-state index is 0.104. The lowest BCUT2D eigenvalue weighted by Crippen LogP contribution is -2.30. The Hall–Kier alpha value is -1.94. The molecule has 0 aliphatic heterocycles. The van der Waals surface area contributed by atoms with Gasteiger partial charge in [0.2, 0.25) is 0 Å². The van der Waals surface area contributed by atoms with Crippen molar-refractivity contribution in [3.63, 3.8) is 0 Å². The van der Waals surface area contributed by atoms with Gasteiger partial charge in [0.05, 0.1) is 26.4 Å². The number of rotatable bonds is 72. The van der Waals surface area contributed by atoms with E-state index < -0.39 is 97.5 Å². The topological polar surface area (TPSA) is 237 Å². The van der Waals surface area contributed by atoms with E-state index in [0.29, 0.717) is 31.6 Å². The van der Waals surface area contributed by atoms with Crippen LogP contribution < -0.4 is 0 Å². The molecule has 0 aromatic carbocycles. The molecule has 0 spiro atoms. The third kappa shape index (κ3) is 66.0. The number of hydrogen-bond acceptors (Lipinski definition) is 15. The smallest absolute Gasteiger partial charge is 0.462 e. The van der Waals surface area contributed by atoms with E-state index in [0.717, 1.165) is 114 Å². The van der Waals surface area contributed by atoms with E-state index in [1.54, 1.807) is 0 Å². The molecule has 0 aromatic rings. The number of phosphoric acid groups is 2. The molecule has 3 N–H and O–H groups in total. The van der Waals surface area contributed by atoms with Crippen LogP contribution >= 0.6 is 15.6 Å². The van der Waals surface area contributed by atoms with E-state index in [1.165, 1.54) is 173 Å². The minimum Gasteiger partial charge on any atom is -0.462 e. The molecule has 0 heterocycles. The van der Waals surface area contributed by atoms with E-state index in [2.05, 4.69) is 55.4 Å². The number of hydrogen-bond donors (Lipinski definition) is 3. The van der Waals surface area contributed by atoms with E-state index in [-0.39, 0.29) is 25.7 Å². The van der Waals surface area contributed by atoms with Crippen LogP contribution in [0.15, 0.2) is 0 Å². The van der Waals surface area contributed by atoms with Gasteiger partial charge < -0.3 is 33.8 Å². The fourth-order valence-electron chi connectivity index (χ4n) is 11.3. The lowest BCUT2D eigenvalue weighted by molar-refractivity contribution is -0.161. The van der Waals surface area contributed by atoms with Crippen LogP contribution in [0, 0.1) is 23.7 Å². The summed E-state index contributed by atoms with van der Waals surface area (Å²) in [5, 5.41) is 10.6. The molecule has 0 rings (SSSR count). The first-order valence-corrected chi connectivity index (χ1v) is 41.8. The SMILES string of the molecule is CCC(C)CCCCCCCCCCCCC(=O)OC[C@H](COP(=O)(O)OCC(O)COP(=O)(O)OC[C@@H](COC(=O)CCCCCCCCCC(C)C)OC(=O)CCCCCCCCCCC(C)CC)OC(=O)CCCCCCCCCCCCCCCCCC(C)C. The second kappa shape index (κ2) is 64.4. The lowest BCUT2D eigenvalue weighted by Gasteiger charge is -2.21. The first-order valence-electron chi connectivity index (χ1n) is 38.8. The van der Waals surface area contributed by atoms with Gasteiger partial charge in [-0.05, 0) is 49.4 Å². The van der Waals surface area contributed by atoms with Crippen molar-refractivity contribution in [2.24, 2.45) is 23.7 Å². The summed E-state index contributed by atoms with van der Waals surface area (Å²) in [7, 11) is -9.91. The van der Waals surface area contributed by atoms with Crippen molar-refractivity contribution in [1.29, 1.82) is 0 Å². The van der Waals surface area contributed by atoms with Crippen molar-refractivity contribution in [2.75, 3.05) is 39.6 Å². The molecule has 0 saturated heterocycles. The van der Waals surface area contributed by atoms with Crippen LogP contribution in [0.3, 0.4) is 0 Å². The van der Waals surface area contributed by atoms with Crippen molar-refractivity contribution >= 4 is 39.5 Å². The van der Waals surface area contributed by atoms with Crippen LogP contribution in [0.25, 0.3) is 0 Å². The summed E-state index contributed by atoms with van der Waals surface area (Å²) in [5.74, 6) is 0.963. The van der Waals surface area contributed by atoms with Gasteiger partial charge in [0, 0.05) is 25.7 Å². The molecule has 0 fully saturated rings. The van der Waals surface area contributed by atoms with Gasteiger partial charge in [-0.25, -0.2) is 9.13 Å². The number of phosphoric ester groups is 2. The molecule has 0 aliphatic carbocycles. The fraction of sp³-hybridized carbons (Fsp3) is 0.947. The second-order valence-corrected chi connectivity index (χ2v) is 31.4. The Morgan fingerprint density at radius 1 is 0.298 bits per heavy atom. The number of esters is 4. The number of carbonyl (C=O) groups is 4. The highest BCUT2D eigenvalue weighted by atomic mass is 31.2. The number of aliphatic hydroxyl groups excluding tert-OH is 1. The Morgan fingerprint density at radius 2 is 0.511 bits per heavy atom. The highest BCUT2D eigenvalue weighted by Gasteiger charge is 2.30. The average molecular weight is 1380 g/mol. The van der Waals surface area contributed by atoms with Gasteiger partial charge in [-0.15, -0.1) is 0 Å². The molecular formula is C75H146O17P2. The van der Waals surface area contributed by atoms with Crippen LogP contribution in [0.4, 0.5) is 0 Å². The third-order valence-electron chi connectivity index (χ3n) is 18.0. The number of unbranched alkanes of at least 4 members (excludes halogenated alkanes) is 36. The molecule has 0 radical (unpaired) electrons.